The molecular weight excluding hydrogens is 255 g/mol. The molecule has 0 atom stereocenters. The van der Waals surface area contributed by atoms with Crippen molar-refractivity contribution in [3.05, 3.63) is 48.0 Å². The molecule has 0 N–H and O–H groups in total. The number of rotatable bonds is 2. The van der Waals surface area contributed by atoms with E-state index in [1.807, 2.05) is 32.0 Å². The van der Waals surface area contributed by atoms with Crippen molar-refractivity contribution in [1.29, 1.82) is 0 Å². The first-order valence-corrected chi connectivity index (χ1v) is 6.35. The maximum absolute atomic E-state index is 13.0. The topological polar surface area (TPSA) is 33.4 Å². The maximum Gasteiger partial charge on any atom is 0.165 e. The van der Waals surface area contributed by atoms with Gasteiger partial charge in [-0.2, -0.15) is 9.61 Å². The molecule has 0 bridgehead atoms. The van der Waals surface area contributed by atoms with Gasteiger partial charge in [0.2, 0.25) is 0 Å². The molecule has 0 aliphatic heterocycles. The molecule has 3 rings (SSSR count). The third-order valence-electron chi connectivity index (χ3n) is 3.19. The molecule has 0 saturated carbocycles. The van der Waals surface area contributed by atoms with Crippen LogP contribution >= 0.6 is 0 Å². The molecule has 0 fully saturated rings. The normalized spacial score (nSPS) is 11.0. The smallest absolute Gasteiger partial charge is 0.165 e. The Morgan fingerprint density at radius 3 is 2.50 bits per heavy atom. The van der Waals surface area contributed by atoms with E-state index in [0.29, 0.717) is 0 Å². The number of anilines is 1. The van der Waals surface area contributed by atoms with Crippen molar-refractivity contribution < 1.29 is 4.39 Å². The number of fused-ring (bicyclic) bond motifs is 1. The predicted octanol–water partition coefficient (Wildman–Crippen LogP) is 2.91. The highest BCUT2D eigenvalue weighted by Gasteiger charge is 2.12. The van der Waals surface area contributed by atoms with Gasteiger partial charge in [0.1, 0.15) is 11.6 Å². The van der Waals surface area contributed by atoms with Crippen LogP contribution in [0, 0.1) is 12.7 Å². The Hall–Kier alpha value is -2.43. The van der Waals surface area contributed by atoms with Crippen molar-refractivity contribution in [2.24, 2.45) is 0 Å². The summed E-state index contributed by atoms with van der Waals surface area (Å²) in [5.41, 5.74) is 3.51. The summed E-state index contributed by atoms with van der Waals surface area (Å²) in [5, 5.41) is 4.40. The number of aryl methyl sites for hydroxylation is 1. The molecule has 0 amide bonds. The number of nitrogens with zero attached hydrogens (tertiary/aromatic N) is 4. The van der Waals surface area contributed by atoms with E-state index in [1.165, 1.54) is 12.1 Å². The van der Waals surface area contributed by atoms with Gasteiger partial charge in [0.15, 0.2) is 5.65 Å². The summed E-state index contributed by atoms with van der Waals surface area (Å²) in [4.78, 5) is 6.55. The Morgan fingerprint density at radius 1 is 1.15 bits per heavy atom. The lowest BCUT2D eigenvalue weighted by molar-refractivity contribution is 0.628. The highest BCUT2D eigenvalue weighted by molar-refractivity contribution is 5.78. The largest absolute Gasteiger partial charge is 0.363 e. The second kappa shape index (κ2) is 4.59. The average molecular weight is 270 g/mol. The fourth-order valence-corrected chi connectivity index (χ4v) is 2.22. The zero-order chi connectivity index (χ0) is 14.3. The molecule has 2 heterocycles. The summed E-state index contributed by atoms with van der Waals surface area (Å²) in [5.74, 6) is 0.712. The van der Waals surface area contributed by atoms with Crippen LogP contribution in [0.2, 0.25) is 0 Å². The van der Waals surface area contributed by atoms with Gasteiger partial charge in [-0.15, -0.1) is 0 Å². The minimum atomic E-state index is -0.247. The van der Waals surface area contributed by atoms with E-state index in [0.717, 1.165) is 28.3 Å². The molecular formula is C15H15FN4. The predicted molar refractivity (Wildman–Crippen MR) is 77.4 cm³/mol. The first-order valence-electron chi connectivity index (χ1n) is 6.35. The Kier molecular flexibility index (Phi) is 2.89. The third-order valence-corrected chi connectivity index (χ3v) is 3.19. The molecule has 0 unspecified atom stereocenters. The Balaban J connectivity index is 2.25. The molecule has 0 radical (unpaired) electrons. The van der Waals surface area contributed by atoms with Crippen LogP contribution in [0.15, 0.2) is 36.5 Å². The highest BCUT2D eigenvalue weighted by atomic mass is 19.1. The zero-order valence-corrected chi connectivity index (χ0v) is 11.6. The summed E-state index contributed by atoms with van der Waals surface area (Å²) < 4.78 is 14.8. The summed E-state index contributed by atoms with van der Waals surface area (Å²) >= 11 is 0. The van der Waals surface area contributed by atoms with Crippen LogP contribution < -0.4 is 4.90 Å². The van der Waals surface area contributed by atoms with Crippen molar-refractivity contribution in [1.82, 2.24) is 14.6 Å². The van der Waals surface area contributed by atoms with E-state index in [2.05, 4.69) is 10.1 Å². The Bertz CT molecular complexity index is 759. The zero-order valence-electron chi connectivity index (χ0n) is 11.6. The molecule has 0 aliphatic carbocycles. The maximum atomic E-state index is 13.0. The van der Waals surface area contributed by atoms with Crippen LogP contribution in [0.4, 0.5) is 10.2 Å². The second-order valence-corrected chi connectivity index (χ2v) is 4.95. The third kappa shape index (κ3) is 2.01. The van der Waals surface area contributed by atoms with E-state index in [-0.39, 0.29) is 5.82 Å². The van der Waals surface area contributed by atoms with Gasteiger partial charge < -0.3 is 4.90 Å². The van der Waals surface area contributed by atoms with Crippen LogP contribution in [-0.2, 0) is 0 Å². The van der Waals surface area contributed by atoms with Gasteiger partial charge in [-0.05, 0) is 24.6 Å². The van der Waals surface area contributed by atoms with Crippen LogP contribution in [-0.4, -0.2) is 28.7 Å². The molecule has 0 aliphatic rings. The lowest BCUT2D eigenvalue weighted by Crippen LogP contribution is -2.14. The Morgan fingerprint density at radius 2 is 1.85 bits per heavy atom. The molecule has 3 aromatic rings. The molecule has 0 spiro atoms. The van der Waals surface area contributed by atoms with Gasteiger partial charge >= 0.3 is 0 Å². The lowest BCUT2D eigenvalue weighted by Gasteiger charge is -2.14. The van der Waals surface area contributed by atoms with Gasteiger partial charge in [0.05, 0.1) is 6.20 Å². The van der Waals surface area contributed by atoms with Crippen molar-refractivity contribution in [3.8, 4) is 11.1 Å². The molecule has 5 heteroatoms. The van der Waals surface area contributed by atoms with Crippen molar-refractivity contribution in [3.63, 3.8) is 0 Å². The number of halogens is 1. The minimum Gasteiger partial charge on any atom is -0.363 e. The molecule has 1 aromatic carbocycles. The first kappa shape index (κ1) is 12.6. The van der Waals surface area contributed by atoms with Crippen molar-refractivity contribution in [2.45, 2.75) is 6.92 Å². The Labute approximate surface area is 116 Å². The van der Waals surface area contributed by atoms with Gasteiger partial charge in [-0.25, -0.2) is 9.37 Å². The first-order chi connectivity index (χ1) is 9.56. The molecule has 0 saturated heterocycles. The van der Waals surface area contributed by atoms with Gasteiger partial charge in [-0.1, -0.05) is 12.1 Å². The van der Waals surface area contributed by atoms with E-state index in [4.69, 9.17) is 0 Å². The molecule has 4 nitrogen and oxygen atoms in total. The van der Waals surface area contributed by atoms with Gasteiger partial charge in [0.25, 0.3) is 0 Å². The summed E-state index contributed by atoms with van der Waals surface area (Å²) in [6.07, 6.45) is 1.77. The number of aromatic nitrogens is 3. The van der Waals surface area contributed by atoms with Crippen LogP contribution in [0.5, 0.6) is 0 Å². The number of hydrogen-bond donors (Lipinski definition) is 0. The fourth-order valence-electron chi connectivity index (χ4n) is 2.22. The van der Waals surface area contributed by atoms with E-state index >= 15 is 0 Å². The van der Waals surface area contributed by atoms with E-state index < -0.39 is 0 Å². The standard InChI is InChI=1S/C15H15FN4/c1-10-8-14(19(2)3)20-15(18-10)13(9-17-20)11-4-6-12(16)7-5-11/h4-9H,1-3H3. The van der Waals surface area contributed by atoms with Gasteiger partial charge in [-0.3, -0.25) is 0 Å². The molecule has 102 valence electrons. The van der Waals surface area contributed by atoms with E-state index in [1.54, 1.807) is 22.8 Å². The molecule has 2 aromatic heterocycles. The monoisotopic (exact) mass is 270 g/mol. The highest BCUT2D eigenvalue weighted by Crippen LogP contribution is 2.26. The summed E-state index contributed by atoms with van der Waals surface area (Å²) in [6.45, 7) is 1.95. The minimum absolute atomic E-state index is 0.247. The lowest BCUT2D eigenvalue weighted by atomic mass is 10.1. The summed E-state index contributed by atoms with van der Waals surface area (Å²) in [7, 11) is 3.93. The van der Waals surface area contributed by atoms with E-state index in [9.17, 15) is 4.39 Å². The quantitative estimate of drug-likeness (QED) is 0.718. The van der Waals surface area contributed by atoms with Crippen LogP contribution in [0.25, 0.3) is 16.8 Å². The number of hydrogen-bond acceptors (Lipinski definition) is 3. The van der Waals surface area contributed by atoms with Crippen LogP contribution in [0.3, 0.4) is 0 Å². The van der Waals surface area contributed by atoms with Gasteiger partial charge in [0, 0.05) is 31.4 Å². The summed E-state index contributed by atoms with van der Waals surface area (Å²) in [6, 6.07) is 8.36. The van der Waals surface area contributed by atoms with Crippen molar-refractivity contribution >= 4 is 11.5 Å². The molecule has 20 heavy (non-hydrogen) atoms. The SMILES string of the molecule is Cc1cc(N(C)C)n2ncc(-c3ccc(F)cc3)c2n1. The van der Waals surface area contributed by atoms with Crippen molar-refractivity contribution in [2.75, 3.05) is 19.0 Å². The average Bonchev–Trinajstić information content (AvgIpc) is 2.82. The van der Waals surface area contributed by atoms with Crippen LogP contribution in [0.1, 0.15) is 5.69 Å². The fraction of sp³-hybridized carbons (Fsp3) is 0.200. The second-order valence-electron chi connectivity index (χ2n) is 4.95. The number of benzene rings is 1.